The van der Waals surface area contributed by atoms with Gasteiger partial charge < -0.3 is 9.73 Å². The van der Waals surface area contributed by atoms with Crippen molar-refractivity contribution in [2.24, 2.45) is 0 Å². The fraction of sp³-hybridized carbons (Fsp3) is 0. The van der Waals surface area contributed by atoms with Gasteiger partial charge in [0.2, 0.25) is 0 Å². The molecule has 0 saturated heterocycles. The molecule has 3 rings (SSSR count). The maximum Gasteiger partial charge on any atom is 0.349 e. The number of non-ortho nitro benzene ring substituents is 1. The minimum atomic E-state index is -0.807. The van der Waals surface area contributed by atoms with E-state index in [-0.39, 0.29) is 16.9 Å². The van der Waals surface area contributed by atoms with E-state index in [1.54, 1.807) is 12.1 Å². The second-order valence-corrected chi connectivity index (χ2v) is 6.79. The second-order valence-electron chi connectivity index (χ2n) is 5.02. The molecule has 0 spiro atoms. The van der Waals surface area contributed by atoms with Gasteiger partial charge in [-0.2, -0.15) is 0 Å². The average Bonchev–Trinajstić information content (AvgIpc) is 2.55. The molecule has 0 aliphatic heterocycles. The summed E-state index contributed by atoms with van der Waals surface area (Å²) in [5.74, 6) is -0.716. The predicted molar refractivity (Wildman–Crippen MR) is 98.9 cm³/mol. The summed E-state index contributed by atoms with van der Waals surface area (Å²) in [6.07, 6.45) is 0. The molecule has 2 aromatic carbocycles. The molecule has 0 aliphatic carbocycles. The quantitative estimate of drug-likeness (QED) is 0.347. The van der Waals surface area contributed by atoms with Crippen molar-refractivity contribution in [2.75, 3.05) is 5.32 Å². The summed E-state index contributed by atoms with van der Waals surface area (Å²) in [5.41, 5.74) is -0.659. The molecular formula is C16H8Br2N2O5. The summed E-state index contributed by atoms with van der Waals surface area (Å²) in [5, 5.41) is 13.8. The first-order chi connectivity index (χ1) is 11.8. The van der Waals surface area contributed by atoms with E-state index in [0.29, 0.717) is 15.4 Å². The van der Waals surface area contributed by atoms with Crippen LogP contribution in [0.4, 0.5) is 11.4 Å². The highest BCUT2D eigenvalue weighted by molar-refractivity contribution is 9.11. The fourth-order valence-corrected chi connectivity index (χ4v) is 3.55. The highest BCUT2D eigenvalue weighted by Crippen LogP contribution is 2.28. The minimum absolute atomic E-state index is 0.170. The molecular weight excluding hydrogens is 460 g/mol. The molecule has 126 valence electrons. The van der Waals surface area contributed by atoms with Crippen molar-refractivity contribution in [3.8, 4) is 0 Å². The lowest BCUT2D eigenvalue weighted by Gasteiger charge is -2.06. The van der Waals surface area contributed by atoms with Gasteiger partial charge in [0.25, 0.3) is 11.6 Å². The lowest BCUT2D eigenvalue weighted by atomic mass is 10.1. The number of benzene rings is 2. The Morgan fingerprint density at radius 1 is 1.16 bits per heavy atom. The fourth-order valence-electron chi connectivity index (χ4n) is 2.21. The number of carbonyl (C=O) groups excluding carboxylic acids is 1. The Labute approximate surface area is 157 Å². The largest absolute Gasteiger partial charge is 0.421 e. The van der Waals surface area contributed by atoms with Crippen molar-refractivity contribution in [3.63, 3.8) is 0 Å². The van der Waals surface area contributed by atoms with Crippen LogP contribution in [0.3, 0.4) is 0 Å². The van der Waals surface area contributed by atoms with Crippen LogP contribution in [0, 0.1) is 10.1 Å². The Kier molecular flexibility index (Phi) is 4.69. The van der Waals surface area contributed by atoms with E-state index in [9.17, 15) is 19.7 Å². The van der Waals surface area contributed by atoms with Crippen molar-refractivity contribution in [1.82, 2.24) is 0 Å². The molecule has 0 atom stereocenters. The number of nitro benzene ring substituents is 1. The normalized spacial score (nSPS) is 10.6. The zero-order valence-corrected chi connectivity index (χ0v) is 15.5. The van der Waals surface area contributed by atoms with Gasteiger partial charge in [-0.1, -0.05) is 22.0 Å². The summed E-state index contributed by atoms with van der Waals surface area (Å²) in [6, 6.07) is 10.2. The molecule has 0 radical (unpaired) electrons. The average molecular weight is 468 g/mol. The molecule has 0 aliphatic rings. The van der Waals surface area contributed by atoms with Crippen LogP contribution in [0.25, 0.3) is 11.0 Å². The Morgan fingerprint density at radius 2 is 1.92 bits per heavy atom. The number of hydrogen-bond acceptors (Lipinski definition) is 5. The molecule has 0 saturated carbocycles. The van der Waals surface area contributed by atoms with E-state index in [0.717, 1.165) is 4.47 Å². The van der Waals surface area contributed by atoms with Gasteiger partial charge in [-0.25, -0.2) is 4.79 Å². The van der Waals surface area contributed by atoms with Gasteiger partial charge in [0.05, 0.1) is 9.40 Å². The van der Waals surface area contributed by atoms with Gasteiger partial charge in [0, 0.05) is 27.7 Å². The molecule has 7 nitrogen and oxygen atoms in total. The Bertz CT molecular complexity index is 1080. The molecule has 1 amide bonds. The van der Waals surface area contributed by atoms with E-state index in [2.05, 4.69) is 37.2 Å². The minimum Gasteiger partial charge on any atom is -0.421 e. The van der Waals surface area contributed by atoms with Crippen LogP contribution >= 0.6 is 31.9 Å². The van der Waals surface area contributed by atoms with Crippen LogP contribution in [0.15, 0.2) is 60.6 Å². The number of carbonyl (C=O) groups is 1. The number of rotatable bonds is 3. The Balaban J connectivity index is 2.00. The number of nitrogens with one attached hydrogen (secondary N) is 1. The number of hydrogen-bond donors (Lipinski definition) is 1. The van der Waals surface area contributed by atoms with Crippen molar-refractivity contribution >= 4 is 60.1 Å². The van der Waals surface area contributed by atoms with Crippen molar-refractivity contribution in [2.45, 2.75) is 0 Å². The van der Waals surface area contributed by atoms with Crippen LogP contribution in [0.5, 0.6) is 0 Å². The van der Waals surface area contributed by atoms with Crippen LogP contribution in [0.1, 0.15) is 10.4 Å². The summed E-state index contributed by atoms with van der Waals surface area (Å²) in [7, 11) is 0. The summed E-state index contributed by atoms with van der Waals surface area (Å²) >= 11 is 6.62. The van der Waals surface area contributed by atoms with Crippen LogP contribution in [-0.2, 0) is 0 Å². The first kappa shape index (κ1) is 17.3. The topological polar surface area (TPSA) is 102 Å². The van der Waals surface area contributed by atoms with E-state index in [4.69, 9.17) is 4.42 Å². The maximum absolute atomic E-state index is 12.4. The van der Waals surface area contributed by atoms with Crippen molar-refractivity contribution < 1.29 is 14.1 Å². The molecule has 0 bridgehead atoms. The predicted octanol–water partition coefficient (Wildman–Crippen LogP) is 4.48. The smallest absolute Gasteiger partial charge is 0.349 e. The molecule has 25 heavy (non-hydrogen) atoms. The van der Waals surface area contributed by atoms with E-state index in [1.165, 1.54) is 30.3 Å². The van der Waals surface area contributed by atoms with Crippen LogP contribution in [-0.4, -0.2) is 10.8 Å². The highest BCUT2D eigenvalue weighted by Gasteiger charge is 2.16. The van der Waals surface area contributed by atoms with Crippen LogP contribution < -0.4 is 10.9 Å². The van der Waals surface area contributed by atoms with E-state index >= 15 is 0 Å². The molecule has 9 heteroatoms. The first-order valence-corrected chi connectivity index (χ1v) is 8.42. The number of amides is 1. The maximum atomic E-state index is 12.4. The Morgan fingerprint density at radius 3 is 2.64 bits per heavy atom. The molecule has 1 aromatic heterocycles. The molecule has 0 unspecified atom stereocenters. The highest BCUT2D eigenvalue weighted by atomic mass is 79.9. The van der Waals surface area contributed by atoms with Gasteiger partial charge in [0.15, 0.2) is 5.58 Å². The Hall–Kier alpha value is -2.52. The summed E-state index contributed by atoms with van der Waals surface area (Å²) < 4.78 is 6.52. The SMILES string of the molecule is O=C(Nc1cccc([N+](=O)[O-])c1)c1cc2cc(Br)cc(Br)c2oc1=O. The standard InChI is InChI=1S/C16H8Br2N2O5/c17-9-4-8-5-12(16(22)25-14(8)13(18)6-9)15(21)19-10-2-1-3-11(7-10)20(23)24/h1-7H,(H,19,21). The molecule has 3 aromatic rings. The third-order valence-corrected chi connectivity index (χ3v) is 4.36. The van der Waals surface area contributed by atoms with Crippen molar-refractivity contribution in [3.05, 3.63) is 77.5 Å². The van der Waals surface area contributed by atoms with Gasteiger partial charge in [-0.3, -0.25) is 14.9 Å². The molecule has 0 fully saturated rings. The first-order valence-electron chi connectivity index (χ1n) is 6.84. The molecule has 1 heterocycles. The monoisotopic (exact) mass is 466 g/mol. The lowest BCUT2D eigenvalue weighted by molar-refractivity contribution is -0.384. The van der Waals surface area contributed by atoms with Gasteiger partial charge >= 0.3 is 5.63 Å². The van der Waals surface area contributed by atoms with E-state index in [1.807, 2.05) is 0 Å². The van der Waals surface area contributed by atoms with Gasteiger partial charge in [-0.05, 0) is 40.2 Å². The second kappa shape index (κ2) is 6.77. The van der Waals surface area contributed by atoms with Gasteiger partial charge in [0.1, 0.15) is 5.56 Å². The number of halogens is 2. The number of nitrogens with zero attached hydrogens (tertiary/aromatic N) is 1. The third-order valence-electron chi connectivity index (χ3n) is 3.31. The van der Waals surface area contributed by atoms with Crippen molar-refractivity contribution in [1.29, 1.82) is 0 Å². The zero-order chi connectivity index (χ0) is 18.1. The third kappa shape index (κ3) is 3.62. The summed E-state index contributed by atoms with van der Waals surface area (Å²) in [4.78, 5) is 34.7. The summed E-state index contributed by atoms with van der Waals surface area (Å²) in [6.45, 7) is 0. The number of nitro groups is 1. The number of fused-ring (bicyclic) bond motifs is 1. The van der Waals surface area contributed by atoms with Gasteiger partial charge in [-0.15, -0.1) is 0 Å². The lowest BCUT2D eigenvalue weighted by Crippen LogP contribution is -2.20. The van der Waals surface area contributed by atoms with E-state index < -0.39 is 16.5 Å². The number of anilines is 1. The van der Waals surface area contributed by atoms with Crippen LogP contribution in [0.2, 0.25) is 0 Å². The molecule has 1 N–H and O–H groups in total. The zero-order valence-electron chi connectivity index (χ0n) is 12.3.